The monoisotopic (exact) mass is 365 g/mol. The summed E-state index contributed by atoms with van der Waals surface area (Å²) in [6.45, 7) is 4.06. The molecular weight excluding hydrogens is 342 g/mol. The number of likely N-dealkylation sites (N-methyl/N-ethyl adjacent to an activating group) is 1. The van der Waals surface area contributed by atoms with Gasteiger partial charge in [-0.05, 0) is 43.2 Å². The van der Waals surface area contributed by atoms with Crippen LogP contribution >= 0.6 is 0 Å². The van der Waals surface area contributed by atoms with Crippen molar-refractivity contribution in [1.29, 1.82) is 0 Å². The standard InChI is InChI=1S/C21H23N3O3/c1-4-12-23-20(26)17-10-5-6-11-18(17)24(21(23)27)14-19(25)22(3)16-9-7-8-15(2)13-16/h5-11,13H,4,12,14H2,1-3H3. The van der Waals surface area contributed by atoms with E-state index in [1.54, 1.807) is 31.3 Å². The fourth-order valence-corrected chi connectivity index (χ4v) is 3.17. The minimum absolute atomic E-state index is 0.131. The molecule has 1 heterocycles. The van der Waals surface area contributed by atoms with Crippen LogP contribution < -0.4 is 16.1 Å². The van der Waals surface area contributed by atoms with Gasteiger partial charge in [-0.25, -0.2) is 4.79 Å². The Kier molecular flexibility index (Phi) is 5.26. The Bertz CT molecular complexity index is 1110. The molecule has 0 unspecified atom stereocenters. The molecule has 0 atom stereocenters. The third-order valence-electron chi connectivity index (χ3n) is 4.64. The lowest BCUT2D eigenvalue weighted by atomic mass is 10.2. The van der Waals surface area contributed by atoms with Crippen molar-refractivity contribution >= 4 is 22.5 Å². The van der Waals surface area contributed by atoms with E-state index in [1.165, 1.54) is 14.0 Å². The number of amides is 1. The molecule has 0 aliphatic rings. The van der Waals surface area contributed by atoms with E-state index in [9.17, 15) is 14.4 Å². The van der Waals surface area contributed by atoms with Gasteiger partial charge >= 0.3 is 5.69 Å². The molecular formula is C21H23N3O3. The van der Waals surface area contributed by atoms with Gasteiger partial charge in [0.25, 0.3) is 5.56 Å². The molecule has 1 amide bonds. The van der Waals surface area contributed by atoms with Crippen LogP contribution in [-0.4, -0.2) is 22.1 Å². The second kappa shape index (κ2) is 7.61. The second-order valence-corrected chi connectivity index (χ2v) is 6.63. The van der Waals surface area contributed by atoms with Crippen LogP contribution in [0.1, 0.15) is 18.9 Å². The van der Waals surface area contributed by atoms with Crippen LogP contribution in [0.2, 0.25) is 0 Å². The summed E-state index contributed by atoms with van der Waals surface area (Å²) in [7, 11) is 1.69. The predicted molar refractivity (Wildman–Crippen MR) is 107 cm³/mol. The van der Waals surface area contributed by atoms with Crippen LogP contribution in [0.5, 0.6) is 0 Å². The van der Waals surface area contributed by atoms with Gasteiger partial charge in [0, 0.05) is 19.3 Å². The van der Waals surface area contributed by atoms with Gasteiger partial charge in [0.05, 0.1) is 10.9 Å². The van der Waals surface area contributed by atoms with Crippen molar-refractivity contribution in [3.8, 4) is 0 Å². The number of para-hydroxylation sites is 1. The molecule has 27 heavy (non-hydrogen) atoms. The average molecular weight is 365 g/mol. The topological polar surface area (TPSA) is 64.3 Å². The lowest BCUT2D eigenvalue weighted by Gasteiger charge is -2.20. The van der Waals surface area contributed by atoms with E-state index in [4.69, 9.17) is 0 Å². The number of nitrogens with zero attached hydrogens (tertiary/aromatic N) is 3. The summed E-state index contributed by atoms with van der Waals surface area (Å²) < 4.78 is 2.60. The highest BCUT2D eigenvalue weighted by Crippen LogP contribution is 2.15. The Morgan fingerprint density at radius 1 is 1.04 bits per heavy atom. The quantitative estimate of drug-likeness (QED) is 0.698. The minimum Gasteiger partial charge on any atom is -0.314 e. The first-order valence-corrected chi connectivity index (χ1v) is 8.99. The maximum atomic E-state index is 12.9. The van der Waals surface area contributed by atoms with E-state index in [1.807, 2.05) is 38.1 Å². The Morgan fingerprint density at radius 3 is 2.48 bits per heavy atom. The van der Waals surface area contributed by atoms with E-state index < -0.39 is 5.69 Å². The Morgan fingerprint density at radius 2 is 1.78 bits per heavy atom. The molecule has 0 spiro atoms. The smallest absolute Gasteiger partial charge is 0.314 e. The largest absolute Gasteiger partial charge is 0.331 e. The van der Waals surface area contributed by atoms with E-state index in [0.717, 1.165) is 11.3 Å². The predicted octanol–water partition coefficient (Wildman–Crippen LogP) is 2.54. The van der Waals surface area contributed by atoms with Gasteiger partial charge in [-0.2, -0.15) is 0 Å². The van der Waals surface area contributed by atoms with Crippen LogP contribution in [-0.2, 0) is 17.9 Å². The van der Waals surface area contributed by atoms with E-state index in [-0.39, 0.29) is 18.0 Å². The molecule has 0 fully saturated rings. The van der Waals surface area contributed by atoms with Crippen LogP contribution in [0.4, 0.5) is 5.69 Å². The number of benzene rings is 2. The van der Waals surface area contributed by atoms with Gasteiger partial charge in [-0.3, -0.25) is 18.7 Å². The Balaban J connectivity index is 2.07. The molecule has 140 valence electrons. The van der Waals surface area contributed by atoms with Crippen molar-refractivity contribution in [2.45, 2.75) is 33.4 Å². The number of rotatable bonds is 5. The molecule has 0 saturated carbocycles. The van der Waals surface area contributed by atoms with Crippen molar-refractivity contribution in [2.75, 3.05) is 11.9 Å². The fourth-order valence-electron chi connectivity index (χ4n) is 3.17. The van der Waals surface area contributed by atoms with Crippen molar-refractivity contribution in [2.24, 2.45) is 0 Å². The SMILES string of the molecule is CCCn1c(=O)c2ccccc2n(CC(=O)N(C)c2cccc(C)c2)c1=O. The number of aromatic nitrogens is 2. The lowest BCUT2D eigenvalue weighted by Crippen LogP contribution is -2.43. The lowest BCUT2D eigenvalue weighted by molar-refractivity contribution is -0.118. The molecule has 6 heteroatoms. The third-order valence-corrected chi connectivity index (χ3v) is 4.64. The molecule has 0 bridgehead atoms. The maximum absolute atomic E-state index is 12.9. The summed E-state index contributed by atoms with van der Waals surface area (Å²) in [5.74, 6) is -0.227. The number of carbonyl (C=O) groups is 1. The number of hydrogen-bond donors (Lipinski definition) is 0. The fraction of sp³-hybridized carbons (Fsp3) is 0.286. The molecule has 0 saturated heterocycles. The zero-order valence-electron chi connectivity index (χ0n) is 15.8. The first kappa shape index (κ1) is 18.6. The molecule has 0 radical (unpaired) electrons. The van der Waals surface area contributed by atoms with E-state index >= 15 is 0 Å². The van der Waals surface area contributed by atoms with Crippen molar-refractivity contribution in [1.82, 2.24) is 9.13 Å². The average Bonchev–Trinajstić information content (AvgIpc) is 2.67. The van der Waals surface area contributed by atoms with Gasteiger partial charge in [0.2, 0.25) is 5.91 Å². The van der Waals surface area contributed by atoms with E-state index in [2.05, 4.69) is 0 Å². The van der Waals surface area contributed by atoms with Crippen molar-refractivity contribution in [3.63, 3.8) is 0 Å². The summed E-state index contributed by atoms with van der Waals surface area (Å²) in [6, 6.07) is 14.5. The van der Waals surface area contributed by atoms with Gasteiger partial charge in [0.1, 0.15) is 6.54 Å². The highest BCUT2D eigenvalue weighted by molar-refractivity contribution is 5.93. The number of hydrogen-bond acceptors (Lipinski definition) is 3. The zero-order chi connectivity index (χ0) is 19.6. The van der Waals surface area contributed by atoms with Crippen molar-refractivity contribution in [3.05, 3.63) is 74.9 Å². The molecule has 1 aromatic heterocycles. The first-order valence-electron chi connectivity index (χ1n) is 8.99. The summed E-state index contributed by atoms with van der Waals surface area (Å²) in [5.41, 5.74) is 1.52. The maximum Gasteiger partial charge on any atom is 0.331 e. The van der Waals surface area contributed by atoms with Crippen LogP contribution in [0.3, 0.4) is 0 Å². The summed E-state index contributed by atoms with van der Waals surface area (Å²) in [5, 5.41) is 0.441. The number of carbonyl (C=O) groups excluding carboxylic acids is 1. The Hall–Kier alpha value is -3.15. The zero-order valence-corrected chi connectivity index (χ0v) is 15.8. The van der Waals surface area contributed by atoms with Gasteiger partial charge in [0.15, 0.2) is 0 Å². The highest BCUT2D eigenvalue weighted by atomic mass is 16.2. The van der Waals surface area contributed by atoms with Crippen molar-refractivity contribution < 1.29 is 4.79 Å². The third kappa shape index (κ3) is 3.56. The van der Waals surface area contributed by atoms with Crippen LogP contribution in [0.25, 0.3) is 10.9 Å². The highest BCUT2D eigenvalue weighted by Gasteiger charge is 2.17. The second-order valence-electron chi connectivity index (χ2n) is 6.63. The molecule has 3 rings (SSSR count). The van der Waals surface area contributed by atoms with Crippen LogP contribution in [0, 0.1) is 6.92 Å². The molecule has 0 N–H and O–H groups in total. The number of aryl methyl sites for hydroxylation is 1. The van der Waals surface area contributed by atoms with Gasteiger partial charge in [-0.15, -0.1) is 0 Å². The van der Waals surface area contributed by atoms with E-state index in [0.29, 0.717) is 23.9 Å². The summed E-state index contributed by atoms with van der Waals surface area (Å²) in [4.78, 5) is 39.9. The van der Waals surface area contributed by atoms with Crippen LogP contribution in [0.15, 0.2) is 58.1 Å². The number of fused-ring (bicyclic) bond motifs is 1. The number of anilines is 1. The Labute approximate surface area is 157 Å². The van der Waals surface area contributed by atoms with Gasteiger partial charge in [-0.1, -0.05) is 31.2 Å². The molecule has 0 aliphatic carbocycles. The van der Waals surface area contributed by atoms with Gasteiger partial charge < -0.3 is 4.90 Å². The summed E-state index contributed by atoms with van der Waals surface area (Å²) >= 11 is 0. The molecule has 3 aromatic rings. The molecule has 0 aliphatic heterocycles. The molecule has 6 nitrogen and oxygen atoms in total. The first-order chi connectivity index (χ1) is 12.9. The normalized spacial score (nSPS) is 10.9. The minimum atomic E-state index is -0.452. The summed E-state index contributed by atoms with van der Waals surface area (Å²) in [6.07, 6.45) is 0.657. The molecule has 2 aromatic carbocycles.